The van der Waals surface area contributed by atoms with Crippen LogP contribution in [0.2, 0.25) is 5.02 Å². The molecule has 0 saturated carbocycles. The van der Waals surface area contributed by atoms with Gasteiger partial charge in [0.2, 0.25) is 0 Å². The highest BCUT2D eigenvalue weighted by atomic mass is 127. The Hall–Kier alpha value is -1.07. The number of methoxy groups -OCH3 is 1. The predicted octanol–water partition coefficient (Wildman–Crippen LogP) is 4.38. The molecule has 0 unspecified atom stereocenters. The van der Waals surface area contributed by atoms with Gasteiger partial charge < -0.3 is 4.74 Å². The summed E-state index contributed by atoms with van der Waals surface area (Å²) >= 11 is 8.17. The Balaban J connectivity index is 2.23. The molecular weight excluding hydrogens is 375 g/mol. The van der Waals surface area contributed by atoms with E-state index in [9.17, 15) is 4.79 Å². The molecule has 0 aromatic heterocycles. The average Bonchev–Trinajstić information content (AvgIpc) is 2.42. The molecule has 0 heterocycles. The highest BCUT2D eigenvalue weighted by Crippen LogP contribution is 2.23. The highest BCUT2D eigenvalue weighted by molar-refractivity contribution is 14.1. The SMILES string of the molecule is COc1ccccc1CC(=O)c1ccc(I)c(Cl)c1. The number of ether oxygens (including phenoxy) is 1. The molecule has 2 aromatic carbocycles. The Kier molecular flexibility index (Phi) is 4.82. The molecule has 0 amide bonds. The lowest BCUT2D eigenvalue weighted by molar-refractivity contribution is 0.0992. The van der Waals surface area contributed by atoms with Crippen LogP contribution in [0.15, 0.2) is 42.5 Å². The fourth-order valence-electron chi connectivity index (χ4n) is 1.79. The third-order valence-electron chi connectivity index (χ3n) is 2.79. The molecule has 19 heavy (non-hydrogen) atoms. The van der Waals surface area contributed by atoms with Gasteiger partial charge in [0, 0.05) is 21.1 Å². The predicted molar refractivity (Wildman–Crippen MR) is 85.2 cm³/mol. The lowest BCUT2D eigenvalue weighted by atomic mass is 10.0. The summed E-state index contributed by atoms with van der Waals surface area (Å²) in [6, 6.07) is 12.9. The Morgan fingerprint density at radius 2 is 2.00 bits per heavy atom. The van der Waals surface area contributed by atoms with E-state index in [0.717, 1.165) is 14.9 Å². The highest BCUT2D eigenvalue weighted by Gasteiger charge is 2.11. The molecule has 0 bridgehead atoms. The quantitative estimate of drug-likeness (QED) is 0.576. The van der Waals surface area contributed by atoms with E-state index < -0.39 is 0 Å². The molecular formula is C15H12ClIO2. The van der Waals surface area contributed by atoms with E-state index in [1.54, 1.807) is 19.2 Å². The molecule has 0 aliphatic rings. The van der Waals surface area contributed by atoms with E-state index in [-0.39, 0.29) is 5.78 Å². The lowest BCUT2D eigenvalue weighted by Gasteiger charge is -2.08. The molecule has 0 spiro atoms. The maximum absolute atomic E-state index is 12.2. The summed E-state index contributed by atoms with van der Waals surface area (Å²) in [6.07, 6.45) is 0.306. The van der Waals surface area contributed by atoms with Gasteiger partial charge in [-0.2, -0.15) is 0 Å². The molecule has 0 N–H and O–H groups in total. The third kappa shape index (κ3) is 3.48. The molecule has 0 saturated heterocycles. The van der Waals surface area contributed by atoms with Crippen LogP contribution in [0, 0.1) is 3.57 Å². The zero-order chi connectivity index (χ0) is 13.8. The average molecular weight is 387 g/mol. The first-order valence-electron chi connectivity index (χ1n) is 5.72. The molecule has 2 aromatic rings. The zero-order valence-corrected chi connectivity index (χ0v) is 13.2. The van der Waals surface area contributed by atoms with Crippen LogP contribution in [0.4, 0.5) is 0 Å². The van der Waals surface area contributed by atoms with Crippen molar-refractivity contribution < 1.29 is 9.53 Å². The Bertz CT molecular complexity index is 611. The van der Waals surface area contributed by atoms with E-state index in [1.165, 1.54) is 0 Å². The van der Waals surface area contributed by atoms with Crippen LogP contribution in [-0.2, 0) is 6.42 Å². The van der Waals surface area contributed by atoms with Crippen molar-refractivity contribution in [2.75, 3.05) is 7.11 Å². The largest absolute Gasteiger partial charge is 0.496 e. The van der Waals surface area contributed by atoms with Crippen molar-refractivity contribution in [2.24, 2.45) is 0 Å². The second-order valence-corrected chi connectivity index (χ2v) is 5.61. The first kappa shape index (κ1) is 14.3. The number of hydrogen-bond donors (Lipinski definition) is 0. The standard InChI is InChI=1S/C15H12ClIO2/c1-19-15-5-3-2-4-11(15)9-14(18)10-6-7-13(17)12(16)8-10/h2-8H,9H2,1H3. The number of ketones is 1. The summed E-state index contributed by atoms with van der Waals surface area (Å²) in [6.45, 7) is 0. The molecule has 2 rings (SSSR count). The van der Waals surface area contributed by atoms with E-state index in [2.05, 4.69) is 22.6 Å². The number of carbonyl (C=O) groups is 1. The van der Waals surface area contributed by atoms with Gasteiger partial charge in [-0.3, -0.25) is 4.79 Å². The minimum atomic E-state index is 0.0304. The first-order chi connectivity index (χ1) is 9.11. The fraction of sp³-hybridized carbons (Fsp3) is 0.133. The van der Waals surface area contributed by atoms with Crippen LogP contribution in [0.5, 0.6) is 5.75 Å². The Labute approximate surface area is 130 Å². The van der Waals surface area contributed by atoms with Gasteiger partial charge in [0.05, 0.1) is 12.1 Å². The number of carbonyl (C=O) groups excluding carboxylic acids is 1. The molecule has 0 radical (unpaired) electrons. The molecule has 2 nitrogen and oxygen atoms in total. The van der Waals surface area contributed by atoms with Gasteiger partial charge in [0.1, 0.15) is 5.75 Å². The second kappa shape index (κ2) is 6.39. The Morgan fingerprint density at radius 3 is 2.68 bits per heavy atom. The van der Waals surface area contributed by atoms with Gasteiger partial charge in [-0.05, 0) is 40.8 Å². The minimum Gasteiger partial charge on any atom is -0.496 e. The Morgan fingerprint density at radius 1 is 1.26 bits per heavy atom. The first-order valence-corrected chi connectivity index (χ1v) is 7.17. The fourth-order valence-corrected chi connectivity index (χ4v) is 2.31. The molecule has 0 atom stereocenters. The monoisotopic (exact) mass is 386 g/mol. The molecule has 4 heteroatoms. The van der Waals surface area contributed by atoms with Crippen molar-refractivity contribution in [2.45, 2.75) is 6.42 Å². The maximum Gasteiger partial charge on any atom is 0.167 e. The van der Waals surface area contributed by atoms with Gasteiger partial charge in [-0.1, -0.05) is 35.9 Å². The molecule has 0 aliphatic carbocycles. The van der Waals surface area contributed by atoms with Gasteiger partial charge in [0.15, 0.2) is 5.78 Å². The van der Waals surface area contributed by atoms with Gasteiger partial charge in [0.25, 0.3) is 0 Å². The summed E-state index contributed by atoms with van der Waals surface area (Å²) in [5, 5.41) is 0.603. The number of rotatable bonds is 4. The van der Waals surface area contributed by atoms with Crippen molar-refractivity contribution in [3.8, 4) is 5.75 Å². The molecule has 0 aliphatic heterocycles. The third-order valence-corrected chi connectivity index (χ3v) is 4.36. The van der Waals surface area contributed by atoms with Crippen LogP contribution in [0.25, 0.3) is 0 Å². The summed E-state index contributed by atoms with van der Waals surface area (Å²) in [7, 11) is 1.60. The summed E-state index contributed by atoms with van der Waals surface area (Å²) in [5.41, 5.74) is 1.50. The summed E-state index contributed by atoms with van der Waals surface area (Å²) in [5.74, 6) is 0.759. The number of para-hydroxylation sites is 1. The van der Waals surface area contributed by atoms with Crippen molar-refractivity contribution in [3.63, 3.8) is 0 Å². The van der Waals surface area contributed by atoms with E-state index in [0.29, 0.717) is 17.0 Å². The number of hydrogen-bond acceptors (Lipinski definition) is 2. The number of benzene rings is 2. The summed E-state index contributed by atoms with van der Waals surface area (Å²) < 4.78 is 6.18. The second-order valence-electron chi connectivity index (χ2n) is 4.04. The van der Waals surface area contributed by atoms with Gasteiger partial charge in [-0.25, -0.2) is 0 Å². The van der Waals surface area contributed by atoms with E-state index in [1.807, 2.05) is 30.3 Å². The van der Waals surface area contributed by atoms with Gasteiger partial charge in [-0.15, -0.1) is 0 Å². The molecule has 98 valence electrons. The van der Waals surface area contributed by atoms with Crippen LogP contribution in [0.1, 0.15) is 15.9 Å². The maximum atomic E-state index is 12.2. The van der Waals surface area contributed by atoms with E-state index in [4.69, 9.17) is 16.3 Å². The summed E-state index contributed by atoms with van der Waals surface area (Å²) in [4.78, 5) is 12.2. The van der Waals surface area contributed by atoms with Crippen LogP contribution in [0.3, 0.4) is 0 Å². The van der Waals surface area contributed by atoms with Crippen LogP contribution in [-0.4, -0.2) is 12.9 Å². The topological polar surface area (TPSA) is 26.3 Å². The lowest BCUT2D eigenvalue weighted by Crippen LogP contribution is -2.05. The van der Waals surface area contributed by atoms with E-state index >= 15 is 0 Å². The number of Topliss-reactive ketones (excluding diaryl/α,β-unsaturated/α-hetero) is 1. The smallest absolute Gasteiger partial charge is 0.167 e. The molecule has 0 fully saturated rings. The normalized spacial score (nSPS) is 10.3. The van der Waals surface area contributed by atoms with Gasteiger partial charge >= 0.3 is 0 Å². The van der Waals surface area contributed by atoms with Crippen molar-refractivity contribution >= 4 is 40.0 Å². The minimum absolute atomic E-state index is 0.0304. The van der Waals surface area contributed by atoms with Crippen LogP contribution < -0.4 is 4.74 Å². The number of halogens is 2. The van der Waals surface area contributed by atoms with Crippen molar-refractivity contribution in [1.82, 2.24) is 0 Å². The van der Waals surface area contributed by atoms with Crippen LogP contribution >= 0.6 is 34.2 Å². The zero-order valence-electron chi connectivity index (χ0n) is 10.3. The van der Waals surface area contributed by atoms with Crippen molar-refractivity contribution in [3.05, 3.63) is 62.2 Å². The van der Waals surface area contributed by atoms with Crippen molar-refractivity contribution in [1.29, 1.82) is 0 Å².